The van der Waals surface area contributed by atoms with Gasteiger partial charge in [-0.1, -0.05) is 30.3 Å². The van der Waals surface area contributed by atoms with Crippen LogP contribution in [0.4, 0.5) is 5.69 Å². The monoisotopic (exact) mass is 369 g/mol. The summed E-state index contributed by atoms with van der Waals surface area (Å²) in [6, 6.07) is 22.5. The molecule has 3 rings (SSSR count). The zero-order chi connectivity index (χ0) is 18.6. The van der Waals surface area contributed by atoms with Crippen molar-refractivity contribution in [2.75, 3.05) is 18.5 Å². The van der Waals surface area contributed by atoms with Crippen molar-refractivity contribution in [2.24, 2.45) is 0 Å². The maximum atomic E-state index is 13.0. The van der Waals surface area contributed by atoms with Gasteiger partial charge in [-0.3, -0.25) is 4.31 Å². The van der Waals surface area contributed by atoms with Gasteiger partial charge in [0.2, 0.25) is 0 Å². The lowest BCUT2D eigenvalue weighted by molar-refractivity contribution is 0.414. The number of rotatable bonds is 6. The van der Waals surface area contributed by atoms with Gasteiger partial charge in [-0.15, -0.1) is 0 Å². The van der Waals surface area contributed by atoms with E-state index in [1.54, 1.807) is 36.4 Å². The lowest BCUT2D eigenvalue weighted by Crippen LogP contribution is -2.26. The summed E-state index contributed by atoms with van der Waals surface area (Å²) in [7, 11) is -0.693. The van der Waals surface area contributed by atoms with Gasteiger partial charge in [0.1, 0.15) is 11.5 Å². The van der Waals surface area contributed by atoms with Gasteiger partial charge in [-0.2, -0.15) is 0 Å². The predicted molar refractivity (Wildman–Crippen MR) is 102 cm³/mol. The Labute approximate surface area is 153 Å². The Balaban J connectivity index is 1.95. The first-order valence-electron chi connectivity index (χ1n) is 7.97. The molecule has 0 aromatic heterocycles. The molecule has 0 unspecified atom stereocenters. The van der Waals surface area contributed by atoms with Crippen LogP contribution in [0.3, 0.4) is 0 Å². The van der Waals surface area contributed by atoms with E-state index >= 15 is 0 Å². The van der Waals surface area contributed by atoms with Gasteiger partial charge in [0.25, 0.3) is 10.0 Å². The predicted octanol–water partition coefficient (Wildman–Crippen LogP) is 4.31. The third-order valence-electron chi connectivity index (χ3n) is 3.89. The van der Waals surface area contributed by atoms with E-state index in [1.165, 1.54) is 30.6 Å². The zero-order valence-electron chi connectivity index (χ0n) is 14.5. The Bertz CT molecular complexity index is 970. The van der Waals surface area contributed by atoms with Crippen LogP contribution in [-0.2, 0) is 10.0 Å². The number of sulfonamides is 1. The third kappa shape index (κ3) is 3.65. The summed E-state index contributed by atoms with van der Waals surface area (Å²) in [4.78, 5) is 0.176. The molecule has 0 N–H and O–H groups in total. The van der Waals surface area contributed by atoms with Gasteiger partial charge in [-0.05, 0) is 48.5 Å². The highest BCUT2D eigenvalue weighted by atomic mass is 32.2. The Morgan fingerprint density at radius 2 is 1.38 bits per heavy atom. The van der Waals surface area contributed by atoms with Gasteiger partial charge < -0.3 is 9.47 Å². The number of ether oxygens (including phenoxy) is 2. The maximum Gasteiger partial charge on any atom is 0.264 e. The van der Waals surface area contributed by atoms with Crippen LogP contribution < -0.4 is 13.8 Å². The number of hydrogen-bond donors (Lipinski definition) is 0. The molecule has 3 aromatic carbocycles. The van der Waals surface area contributed by atoms with Crippen molar-refractivity contribution in [1.82, 2.24) is 0 Å². The first kappa shape index (κ1) is 17.8. The van der Waals surface area contributed by atoms with E-state index in [1.807, 2.05) is 30.3 Å². The zero-order valence-corrected chi connectivity index (χ0v) is 15.3. The molecule has 6 heteroatoms. The van der Waals surface area contributed by atoms with Crippen LogP contribution in [0.2, 0.25) is 0 Å². The van der Waals surface area contributed by atoms with Gasteiger partial charge >= 0.3 is 0 Å². The van der Waals surface area contributed by atoms with E-state index in [4.69, 9.17) is 9.47 Å². The molecule has 0 saturated carbocycles. The SMILES string of the molecule is COc1ccc(S(=O)(=O)N(C)c2ccccc2Oc2ccccc2)cc1. The molecule has 3 aromatic rings. The quantitative estimate of drug-likeness (QED) is 0.650. The lowest BCUT2D eigenvalue weighted by Gasteiger charge is -2.22. The molecule has 0 bridgehead atoms. The Hall–Kier alpha value is -2.99. The van der Waals surface area contributed by atoms with Crippen LogP contribution in [0.5, 0.6) is 17.2 Å². The minimum Gasteiger partial charge on any atom is -0.497 e. The number of para-hydroxylation sites is 3. The molecule has 0 fully saturated rings. The first-order chi connectivity index (χ1) is 12.5. The molecule has 134 valence electrons. The number of methoxy groups -OCH3 is 1. The number of nitrogens with zero attached hydrogens (tertiary/aromatic N) is 1. The van der Waals surface area contributed by atoms with Gasteiger partial charge in [0, 0.05) is 7.05 Å². The third-order valence-corrected chi connectivity index (χ3v) is 5.68. The normalized spacial score (nSPS) is 11.0. The molecule has 0 aliphatic carbocycles. The first-order valence-corrected chi connectivity index (χ1v) is 9.41. The van der Waals surface area contributed by atoms with Gasteiger partial charge in [0.05, 0.1) is 17.7 Å². The summed E-state index contributed by atoms with van der Waals surface area (Å²) < 4.78 is 38.1. The topological polar surface area (TPSA) is 55.8 Å². The minimum absolute atomic E-state index is 0.176. The van der Waals surface area contributed by atoms with E-state index in [9.17, 15) is 8.42 Å². The average Bonchev–Trinajstić information content (AvgIpc) is 2.68. The molecule has 5 nitrogen and oxygen atoms in total. The second-order valence-electron chi connectivity index (χ2n) is 5.53. The molecular weight excluding hydrogens is 350 g/mol. The molecule has 0 saturated heterocycles. The summed E-state index contributed by atoms with van der Waals surface area (Å²) in [6.07, 6.45) is 0. The van der Waals surface area contributed by atoms with Crippen molar-refractivity contribution in [2.45, 2.75) is 4.90 Å². The highest BCUT2D eigenvalue weighted by Gasteiger charge is 2.24. The van der Waals surface area contributed by atoms with E-state index < -0.39 is 10.0 Å². The number of anilines is 1. The Morgan fingerprint density at radius 3 is 2.04 bits per heavy atom. The van der Waals surface area contributed by atoms with Crippen LogP contribution in [0, 0.1) is 0 Å². The molecule has 0 amide bonds. The highest BCUT2D eigenvalue weighted by Crippen LogP contribution is 2.34. The van der Waals surface area contributed by atoms with Crippen molar-refractivity contribution >= 4 is 15.7 Å². The summed E-state index contributed by atoms with van der Waals surface area (Å²) in [5, 5.41) is 0. The van der Waals surface area contributed by atoms with Gasteiger partial charge in [-0.25, -0.2) is 8.42 Å². The molecule has 0 spiro atoms. The largest absolute Gasteiger partial charge is 0.497 e. The molecular formula is C20H19NO4S. The summed E-state index contributed by atoms with van der Waals surface area (Å²) in [5.74, 6) is 1.69. The molecule has 0 aliphatic rings. The van der Waals surface area contributed by atoms with E-state index in [0.717, 1.165) is 0 Å². The maximum absolute atomic E-state index is 13.0. The van der Waals surface area contributed by atoms with Crippen LogP contribution >= 0.6 is 0 Å². The van der Waals surface area contributed by atoms with E-state index in [-0.39, 0.29) is 4.90 Å². The Kier molecular flexibility index (Phi) is 5.14. The minimum atomic E-state index is -3.73. The van der Waals surface area contributed by atoms with Crippen molar-refractivity contribution in [3.63, 3.8) is 0 Å². The summed E-state index contributed by atoms with van der Waals surface area (Å²) in [5.41, 5.74) is 0.451. The fourth-order valence-electron chi connectivity index (χ4n) is 2.45. The summed E-state index contributed by atoms with van der Waals surface area (Å²) >= 11 is 0. The number of benzene rings is 3. The Morgan fingerprint density at radius 1 is 0.769 bits per heavy atom. The van der Waals surface area contributed by atoms with Crippen molar-refractivity contribution in [1.29, 1.82) is 0 Å². The highest BCUT2D eigenvalue weighted by molar-refractivity contribution is 7.92. The average molecular weight is 369 g/mol. The number of hydrogen-bond acceptors (Lipinski definition) is 4. The molecule has 0 radical (unpaired) electrons. The van der Waals surface area contributed by atoms with Crippen LogP contribution in [0.15, 0.2) is 83.8 Å². The smallest absolute Gasteiger partial charge is 0.264 e. The fraction of sp³-hybridized carbons (Fsp3) is 0.100. The van der Waals surface area contributed by atoms with Crippen LogP contribution in [0.1, 0.15) is 0 Å². The molecule has 0 heterocycles. The van der Waals surface area contributed by atoms with Gasteiger partial charge in [0.15, 0.2) is 5.75 Å². The second-order valence-corrected chi connectivity index (χ2v) is 7.50. The van der Waals surface area contributed by atoms with Crippen LogP contribution in [0.25, 0.3) is 0 Å². The standard InChI is InChI=1S/C20H19NO4S/c1-21(26(22,23)18-14-12-16(24-2)13-15-18)19-10-6-7-11-20(19)25-17-8-4-3-5-9-17/h3-15H,1-2H3. The van der Waals surface area contributed by atoms with E-state index in [0.29, 0.717) is 22.9 Å². The molecule has 0 atom stereocenters. The molecule has 0 aliphatic heterocycles. The van der Waals surface area contributed by atoms with Crippen LogP contribution in [-0.4, -0.2) is 22.6 Å². The van der Waals surface area contributed by atoms with Crippen molar-refractivity contribution in [3.8, 4) is 17.2 Å². The van der Waals surface area contributed by atoms with Crippen molar-refractivity contribution < 1.29 is 17.9 Å². The van der Waals surface area contributed by atoms with E-state index in [2.05, 4.69) is 0 Å². The fourth-order valence-corrected chi connectivity index (χ4v) is 3.66. The lowest BCUT2D eigenvalue weighted by atomic mass is 10.3. The summed E-state index contributed by atoms with van der Waals surface area (Å²) in [6.45, 7) is 0. The second kappa shape index (κ2) is 7.49. The van der Waals surface area contributed by atoms with Crippen molar-refractivity contribution in [3.05, 3.63) is 78.9 Å². The molecule has 26 heavy (non-hydrogen) atoms.